The number of fused-ring (bicyclic) bond motifs is 1. The maximum Gasteiger partial charge on any atom is 0.270 e. The second kappa shape index (κ2) is 7.80. The van der Waals surface area contributed by atoms with Gasteiger partial charge in [-0.25, -0.2) is 9.97 Å². The zero-order valence-electron chi connectivity index (χ0n) is 16.2. The Morgan fingerprint density at radius 2 is 1.75 bits per heavy atom. The lowest BCUT2D eigenvalue weighted by molar-refractivity contribution is 0.0934. The van der Waals surface area contributed by atoms with Crippen molar-refractivity contribution in [3.05, 3.63) is 88.7 Å². The van der Waals surface area contributed by atoms with Gasteiger partial charge < -0.3 is 10.2 Å². The van der Waals surface area contributed by atoms with Gasteiger partial charge in [-0.15, -0.1) is 0 Å². The van der Waals surface area contributed by atoms with Gasteiger partial charge in [-0.2, -0.15) is 0 Å². The summed E-state index contributed by atoms with van der Waals surface area (Å²) in [6.07, 6.45) is 0.958. The van der Waals surface area contributed by atoms with Crippen LogP contribution in [0.2, 0.25) is 0 Å². The Balaban J connectivity index is 1.53. The minimum absolute atomic E-state index is 0.0886. The topological polar surface area (TPSA) is 58.1 Å². The van der Waals surface area contributed by atoms with E-state index in [9.17, 15) is 4.79 Å². The number of aromatic nitrogens is 2. The van der Waals surface area contributed by atoms with Crippen LogP contribution in [-0.4, -0.2) is 22.4 Å². The van der Waals surface area contributed by atoms with Crippen molar-refractivity contribution in [1.82, 2.24) is 15.3 Å². The minimum atomic E-state index is -0.180. The number of aryl methyl sites for hydroxylation is 1. The van der Waals surface area contributed by atoms with Crippen molar-refractivity contribution >= 4 is 11.9 Å². The highest BCUT2D eigenvalue weighted by atomic mass is 16.1. The molecule has 142 valence electrons. The van der Waals surface area contributed by atoms with E-state index in [2.05, 4.69) is 44.5 Å². The highest BCUT2D eigenvalue weighted by Gasteiger charge is 2.21. The number of nitrogens with zero attached hydrogens (tertiary/aromatic N) is 3. The molecule has 4 rings (SSSR count). The van der Waals surface area contributed by atoms with Crippen LogP contribution in [0.1, 0.15) is 45.8 Å². The molecule has 0 fully saturated rings. The lowest BCUT2D eigenvalue weighted by Gasteiger charge is -2.29. The van der Waals surface area contributed by atoms with E-state index in [0.29, 0.717) is 11.6 Å². The Morgan fingerprint density at radius 3 is 2.54 bits per heavy atom. The molecule has 0 aliphatic carbocycles. The second-order valence-corrected chi connectivity index (χ2v) is 7.24. The summed E-state index contributed by atoms with van der Waals surface area (Å²) in [5, 5.41) is 3.04. The Hall–Kier alpha value is -3.21. The molecule has 3 aromatic rings. The predicted octanol–water partition coefficient (Wildman–Crippen LogP) is 3.84. The van der Waals surface area contributed by atoms with Gasteiger partial charge in [-0.05, 0) is 43.0 Å². The Labute approximate surface area is 165 Å². The van der Waals surface area contributed by atoms with E-state index >= 15 is 0 Å². The summed E-state index contributed by atoms with van der Waals surface area (Å²) in [7, 11) is 0. The van der Waals surface area contributed by atoms with E-state index in [0.717, 1.165) is 30.8 Å². The van der Waals surface area contributed by atoms with Gasteiger partial charge in [-0.1, -0.05) is 54.6 Å². The molecule has 0 spiro atoms. The summed E-state index contributed by atoms with van der Waals surface area (Å²) in [6, 6.07) is 20.0. The molecule has 2 heterocycles. The van der Waals surface area contributed by atoms with Crippen molar-refractivity contribution < 1.29 is 4.79 Å². The maximum absolute atomic E-state index is 12.8. The lowest BCUT2D eigenvalue weighted by atomic mass is 10.0. The normalized spacial score (nSPS) is 14.3. The Morgan fingerprint density at radius 1 is 1.04 bits per heavy atom. The SMILES string of the molecule is Cc1cc(C(=O)NC(C)c2ccccc2)nc(N2CCc3ccccc3C2)n1. The van der Waals surface area contributed by atoms with Crippen LogP contribution in [0.4, 0.5) is 5.95 Å². The number of benzene rings is 2. The number of nitrogens with one attached hydrogen (secondary N) is 1. The fourth-order valence-corrected chi connectivity index (χ4v) is 3.57. The third kappa shape index (κ3) is 3.88. The second-order valence-electron chi connectivity index (χ2n) is 7.24. The number of hydrogen-bond acceptors (Lipinski definition) is 4. The third-order valence-electron chi connectivity index (χ3n) is 5.14. The first-order chi connectivity index (χ1) is 13.6. The summed E-state index contributed by atoms with van der Waals surface area (Å²) in [6.45, 7) is 5.49. The molecule has 1 aromatic heterocycles. The van der Waals surface area contributed by atoms with Crippen molar-refractivity contribution in [2.24, 2.45) is 0 Å². The van der Waals surface area contributed by atoms with Crippen LogP contribution in [0, 0.1) is 6.92 Å². The zero-order valence-corrected chi connectivity index (χ0v) is 16.2. The van der Waals surface area contributed by atoms with Crippen molar-refractivity contribution in [2.75, 3.05) is 11.4 Å². The summed E-state index contributed by atoms with van der Waals surface area (Å²) in [5.41, 5.74) is 4.93. The predicted molar refractivity (Wildman–Crippen MR) is 110 cm³/mol. The van der Waals surface area contributed by atoms with Crippen LogP contribution < -0.4 is 10.2 Å². The molecule has 2 aromatic carbocycles. The van der Waals surface area contributed by atoms with Gasteiger partial charge in [0.05, 0.1) is 6.04 Å². The maximum atomic E-state index is 12.8. The van der Waals surface area contributed by atoms with Crippen molar-refractivity contribution in [1.29, 1.82) is 0 Å². The van der Waals surface area contributed by atoms with Gasteiger partial charge in [0.2, 0.25) is 5.95 Å². The van der Waals surface area contributed by atoms with Gasteiger partial charge in [0.1, 0.15) is 5.69 Å². The van der Waals surface area contributed by atoms with Crippen molar-refractivity contribution in [3.63, 3.8) is 0 Å². The van der Waals surface area contributed by atoms with Crippen LogP contribution >= 0.6 is 0 Å². The molecular formula is C23H24N4O. The van der Waals surface area contributed by atoms with Gasteiger partial charge in [-0.3, -0.25) is 4.79 Å². The molecule has 1 unspecified atom stereocenters. The molecule has 0 saturated heterocycles. The monoisotopic (exact) mass is 372 g/mol. The van der Waals surface area contributed by atoms with Crippen LogP contribution in [0.15, 0.2) is 60.7 Å². The first-order valence-electron chi connectivity index (χ1n) is 9.63. The van der Waals surface area contributed by atoms with Crippen LogP contribution in [0.3, 0.4) is 0 Å². The standard InChI is InChI=1S/C23H24N4O/c1-16-14-21(22(28)25-17(2)18-8-4-3-5-9-18)26-23(24-16)27-13-12-19-10-6-7-11-20(19)15-27/h3-11,14,17H,12-13,15H2,1-2H3,(H,25,28). The fraction of sp³-hybridized carbons (Fsp3) is 0.261. The summed E-state index contributed by atoms with van der Waals surface area (Å²) >= 11 is 0. The van der Waals surface area contributed by atoms with E-state index in [-0.39, 0.29) is 11.9 Å². The molecule has 1 N–H and O–H groups in total. The lowest BCUT2D eigenvalue weighted by Crippen LogP contribution is -2.33. The van der Waals surface area contributed by atoms with Gasteiger partial charge in [0.25, 0.3) is 5.91 Å². The molecular weight excluding hydrogens is 348 g/mol. The largest absolute Gasteiger partial charge is 0.344 e. The number of carbonyl (C=O) groups excluding carboxylic acids is 1. The molecule has 0 bridgehead atoms. The van der Waals surface area contributed by atoms with Gasteiger partial charge in [0.15, 0.2) is 0 Å². The van der Waals surface area contributed by atoms with Crippen molar-refractivity contribution in [3.8, 4) is 0 Å². The van der Waals surface area contributed by atoms with Crippen LogP contribution in [0.25, 0.3) is 0 Å². The van der Waals surface area contributed by atoms with Gasteiger partial charge >= 0.3 is 0 Å². The van der Waals surface area contributed by atoms with Crippen LogP contribution in [0.5, 0.6) is 0 Å². The van der Waals surface area contributed by atoms with E-state index in [1.54, 1.807) is 6.07 Å². The minimum Gasteiger partial charge on any atom is -0.344 e. The average molecular weight is 372 g/mol. The average Bonchev–Trinajstić information content (AvgIpc) is 2.73. The number of anilines is 1. The van der Waals surface area contributed by atoms with E-state index in [1.165, 1.54) is 11.1 Å². The summed E-state index contributed by atoms with van der Waals surface area (Å²) < 4.78 is 0. The highest BCUT2D eigenvalue weighted by Crippen LogP contribution is 2.22. The zero-order chi connectivity index (χ0) is 19.5. The van der Waals surface area contributed by atoms with Gasteiger partial charge in [0, 0.05) is 18.8 Å². The quantitative estimate of drug-likeness (QED) is 0.756. The number of rotatable bonds is 4. The Kier molecular flexibility index (Phi) is 5.06. The molecule has 1 aliphatic rings. The third-order valence-corrected chi connectivity index (χ3v) is 5.14. The number of amides is 1. The molecule has 1 atom stereocenters. The smallest absolute Gasteiger partial charge is 0.270 e. The molecule has 5 nitrogen and oxygen atoms in total. The molecule has 0 saturated carbocycles. The molecule has 28 heavy (non-hydrogen) atoms. The summed E-state index contributed by atoms with van der Waals surface area (Å²) in [4.78, 5) is 24.1. The molecule has 0 radical (unpaired) electrons. The fourth-order valence-electron chi connectivity index (χ4n) is 3.57. The number of hydrogen-bond donors (Lipinski definition) is 1. The number of carbonyl (C=O) groups is 1. The first-order valence-corrected chi connectivity index (χ1v) is 9.63. The van der Waals surface area contributed by atoms with Crippen molar-refractivity contribution in [2.45, 2.75) is 32.9 Å². The van der Waals surface area contributed by atoms with Crippen LogP contribution in [-0.2, 0) is 13.0 Å². The van der Waals surface area contributed by atoms with E-state index in [4.69, 9.17) is 0 Å². The molecule has 1 aliphatic heterocycles. The molecule has 1 amide bonds. The van der Waals surface area contributed by atoms with E-state index in [1.807, 2.05) is 44.2 Å². The summed E-state index contributed by atoms with van der Waals surface area (Å²) in [5.74, 6) is 0.438. The first kappa shape index (κ1) is 18.2. The van der Waals surface area contributed by atoms with E-state index < -0.39 is 0 Å². The highest BCUT2D eigenvalue weighted by molar-refractivity contribution is 5.92. The Bertz CT molecular complexity index is 987. The molecule has 5 heteroatoms.